The van der Waals surface area contributed by atoms with E-state index in [2.05, 4.69) is 37.1 Å². The third-order valence-corrected chi connectivity index (χ3v) is 6.79. The first-order chi connectivity index (χ1) is 14.6. The van der Waals surface area contributed by atoms with Crippen LogP contribution < -0.4 is 9.64 Å². The van der Waals surface area contributed by atoms with Gasteiger partial charge in [0.1, 0.15) is 11.5 Å². The van der Waals surface area contributed by atoms with E-state index >= 15 is 0 Å². The van der Waals surface area contributed by atoms with E-state index in [1.165, 1.54) is 0 Å². The number of nitrogens with zero attached hydrogens (tertiary/aromatic N) is 1. The number of hydrogen-bond acceptors (Lipinski definition) is 5. The molecule has 4 nitrogen and oxygen atoms in total. The zero-order chi connectivity index (χ0) is 20.9. The summed E-state index contributed by atoms with van der Waals surface area (Å²) in [6.45, 7) is 6.09. The molecule has 2 aliphatic rings. The molecule has 0 radical (unpaired) electrons. The summed E-state index contributed by atoms with van der Waals surface area (Å²) in [4.78, 5) is 16.4. The van der Waals surface area contributed by atoms with Gasteiger partial charge in [-0.15, -0.1) is 11.8 Å². The summed E-state index contributed by atoms with van der Waals surface area (Å²) < 4.78 is 12.6. The summed E-state index contributed by atoms with van der Waals surface area (Å²) in [6, 6.07) is 19.7. The van der Waals surface area contributed by atoms with Gasteiger partial charge in [0.25, 0.3) is 0 Å². The molecule has 1 spiro atoms. The number of carbonyl (C=O) groups is 1. The van der Waals surface area contributed by atoms with Gasteiger partial charge in [0, 0.05) is 34.7 Å². The van der Waals surface area contributed by atoms with E-state index in [4.69, 9.17) is 9.47 Å². The molecular weight excluding hydrogens is 394 g/mol. The monoisotopic (exact) mass is 417 g/mol. The third kappa shape index (κ3) is 2.51. The molecule has 3 aromatic carbocycles. The third-order valence-electron chi connectivity index (χ3n) is 6.02. The molecule has 0 N–H and O–H groups in total. The quantitative estimate of drug-likeness (QED) is 0.395. The van der Waals surface area contributed by atoms with Crippen LogP contribution in [0.5, 0.6) is 11.5 Å². The van der Waals surface area contributed by atoms with Gasteiger partial charge < -0.3 is 14.4 Å². The van der Waals surface area contributed by atoms with Crippen molar-refractivity contribution < 1.29 is 14.3 Å². The van der Waals surface area contributed by atoms with E-state index in [9.17, 15) is 4.79 Å². The lowest BCUT2D eigenvalue weighted by molar-refractivity contribution is 0.0224. The van der Waals surface area contributed by atoms with Crippen molar-refractivity contribution in [2.45, 2.75) is 24.3 Å². The molecule has 0 saturated carbocycles. The molecule has 1 unspecified atom stereocenters. The summed E-state index contributed by atoms with van der Waals surface area (Å²) in [5, 5.41) is 0. The van der Waals surface area contributed by atoms with Gasteiger partial charge in [-0.3, -0.25) is 0 Å². The molecule has 0 saturated heterocycles. The second-order valence-electron chi connectivity index (χ2n) is 7.41. The molecule has 0 amide bonds. The number of fused-ring (bicyclic) bond motifs is 6. The van der Waals surface area contributed by atoms with Crippen LogP contribution in [0.15, 0.2) is 65.6 Å². The van der Waals surface area contributed by atoms with Crippen LogP contribution in [0.1, 0.15) is 40.9 Å². The molecule has 2 aliphatic heterocycles. The average Bonchev–Trinajstić information content (AvgIpc) is 3.08. The highest BCUT2D eigenvalue weighted by atomic mass is 32.2. The first-order valence-electron chi connectivity index (χ1n) is 10.2. The summed E-state index contributed by atoms with van der Waals surface area (Å²) >= 11 is 1.70. The van der Waals surface area contributed by atoms with Crippen molar-refractivity contribution in [3.8, 4) is 11.5 Å². The van der Waals surface area contributed by atoms with Gasteiger partial charge in [-0.25, -0.2) is 4.79 Å². The SMILES string of the molecule is CCN(CC)c1cc2c(cc1SC)Oc1ccccc1C21OC(=O)c2ccccc21. The second kappa shape index (κ2) is 7.10. The van der Waals surface area contributed by atoms with Gasteiger partial charge in [0.05, 0.1) is 11.3 Å². The zero-order valence-corrected chi connectivity index (χ0v) is 18.1. The Morgan fingerprint density at radius 1 is 0.900 bits per heavy atom. The maximum Gasteiger partial charge on any atom is 0.340 e. The number of hydrogen-bond donors (Lipinski definition) is 0. The van der Waals surface area contributed by atoms with Gasteiger partial charge >= 0.3 is 5.97 Å². The Kier molecular flexibility index (Phi) is 4.51. The maximum atomic E-state index is 12.9. The van der Waals surface area contributed by atoms with Crippen molar-refractivity contribution in [2.24, 2.45) is 0 Å². The summed E-state index contributed by atoms with van der Waals surface area (Å²) in [5.74, 6) is 1.15. The smallest absolute Gasteiger partial charge is 0.340 e. The topological polar surface area (TPSA) is 38.8 Å². The summed E-state index contributed by atoms with van der Waals surface area (Å²) in [6.07, 6.45) is 2.08. The number of anilines is 1. The largest absolute Gasteiger partial charge is 0.456 e. The van der Waals surface area contributed by atoms with E-state index in [-0.39, 0.29) is 5.97 Å². The minimum absolute atomic E-state index is 0.299. The van der Waals surface area contributed by atoms with Crippen LogP contribution >= 0.6 is 11.8 Å². The lowest BCUT2D eigenvalue weighted by Gasteiger charge is -2.38. The molecule has 5 heteroatoms. The lowest BCUT2D eigenvalue weighted by atomic mass is 9.77. The van der Waals surface area contributed by atoms with Crippen LogP contribution in [0.25, 0.3) is 0 Å². The number of benzene rings is 3. The van der Waals surface area contributed by atoms with Gasteiger partial charge in [0.2, 0.25) is 0 Å². The number of rotatable bonds is 4. The van der Waals surface area contributed by atoms with E-state index in [0.717, 1.165) is 51.9 Å². The Hall–Kier alpha value is -2.92. The van der Waals surface area contributed by atoms with Gasteiger partial charge in [-0.1, -0.05) is 36.4 Å². The minimum Gasteiger partial charge on any atom is -0.456 e. The standard InChI is InChI=1S/C25H23NO3S/c1-4-26(5-2)20-14-19-22(15-23(20)30-3)28-21-13-9-8-12-18(21)25(19)17-11-7-6-10-16(17)24(27)29-25/h6-15H,4-5H2,1-3H3. The van der Waals surface area contributed by atoms with Crippen molar-refractivity contribution in [3.05, 3.63) is 82.9 Å². The van der Waals surface area contributed by atoms with Gasteiger partial charge in [-0.05, 0) is 44.4 Å². The van der Waals surface area contributed by atoms with E-state index in [1.807, 2.05) is 48.5 Å². The van der Waals surface area contributed by atoms with Crippen LogP contribution in [-0.2, 0) is 10.3 Å². The second-order valence-corrected chi connectivity index (χ2v) is 8.26. The van der Waals surface area contributed by atoms with Crippen molar-refractivity contribution in [1.29, 1.82) is 0 Å². The van der Waals surface area contributed by atoms with Gasteiger partial charge in [-0.2, -0.15) is 0 Å². The van der Waals surface area contributed by atoms with Gasteiger partial charge in [0.15, 0.2) is 5.60 Å². The van der Waals surface area contributed by atoms with E-state index < -0.39 is 5.60 Å². The molecule has 3 aromatic rings. The number of esters is 1. The molecule has 2 heterocycles. The Bertz CT molecular complexity index is 1150. The predicted octanol–water partition coefficient (Wildman–Crippen LogP) is 5.82. The molecular formula is C25H23NO3S. The fraction of sp³-hybridized carbons (Fsp3) is 0.240. The molecule has 0 aromatic heterocycles. The molecule has 0 aliphatic carbocycles. The molecule has 152 valence electrons. The fourth-order valence-corrected chi connectivity index (χ4v) is 5.23. The van der Waals surface area contributed by atoms with Crippen LogP contribution in [-0.4, -0.2) is 25.3 Å². The number of para-hydroxylation sites is 1. The Morgan fingerprint density at radius 2 is 1.60 bits per heavy atom. The Morgan fingerprint density at radius 3 is 2.33 bits per heavy atom. The van der Waals surface area contributed by atoms with Crippen molar-refractivity contribution in [2.75, 3.05) is 24.2 Å². The normalized spacial score (nSPS) is 18.3. The van der Waals surface area contributed by atoms with Crippen LogP contribution in [0.3, 0.4) is 0 Å². The van der Waals surface area contributed by atoms with Crippen LogP contribution in [0.4, 0.5) is 5.69 Å². The molecule has 0 bridgehead atoms. The highest BCUT2D eigenvalue weighted by Crippen LogP contribution is 2.57. The summed E-state index contributed by atoms with van der Waals surface area (Å²) in [7, 11) is 0. The van der Waals surface area contributed by atoms with Crippen LogP contribution in [0, 0.1) is 0 Å². The van der Waals surface area contributed by atoms with Crippen molar-refractivity contribution in [3.63, 3.8) is 0 Å². The fourth-order valence-electron chi connectivity index (χ4n) is 4.61. The zero-order valence-electron chi connectivity index (χ0n) is 17.3. The highest BCUT2D eigenvalue weighted by molar-refractivity contribution is 7.98. The lowest BCUT2D eigenvalue weighted by Crippen LogP contribution is -2.33. The maximum absolute atomic E-state index is 12.9. The molecule has 1 atom stereocenters. The average molecular weight is 418 g/mol. The van der Waals surface area contributed by atoms with Crippen molar-refractivity contribution in [1.82, 2.24) is 0 Å². The minimum atomic E-state index is -1.00. The first-order valence-corrected chi connectivity index (χ1v) is 11.4. The highest BCUT2D eigenvalue weighted by Gasteiger charge is 2.53. The van der Waals surface area contributed by atoms with E-state index in [1.54, 1.807) is 11.8 Å². The number of carbonyl (C=O) groups excluding carboxylic acids is 1. The first kappa shape index (κ1) is 19.1. The molecule has 30 heavy (non-hydrogen) atoms. The Balaban J connectivity index is 1.86. The predicted molar refractivity (Wildman–Crippen MR) is 120 cm³/mol. The number of ether oxygens (including phenoxy) is 2. The van der Waals surface area contributed by atoms with Crippen LogP contribution in [0.2, 0.25) is 0 Å². The summed E-state index contributed by atoms with van der Waals surface area (Å²) in [5.41, 5.74) is 3.34. The van der Waals surface area contributed by atoms with E-state index in [0.29, 0.717) is 5.56 Å². The number of thioether (sulfide) groups is 1. The molecule has 0 fully saturated rings. The Labute approximate surface area is 180 Å². The molecule has 5 rings (SSSR count). The van der Waals surface area contributed by atoms with Crippen molar-refractivity contribution >= 4 is 23.4 Å².